The fraction of sp³-hybridized carbons (Fsp3) is 0.600. The van der Waals surface area contributed by atoms with Crippen molar-refractivity contribution in [3.8, 4) is 0 Å². The molecule has 1 rings (SSSR count). The zero-order valence-electron chi connectivity index (χ0n) is 10.1. The number of hydrogen-bond donors (Lipinski definition) is 1. The standard InChI is InChI=1S/C10H16IN3O2S/c1-6(2)4-7-9(11)10(12)14-8(13-7)5-17(3,15)16/h6H,4-5H2,1-3H3,(H2,12,13,14). The molecule has 0 saturated heterocycles. The first-order valence-electron chi connectivity index (χ1n) is 5.17. The Morgan fingerprint density at radius 3 is 2.41 bits per heavy atom. The van der Waals surface area contributed by atoms with Crippen LogP contribution < -0.4 is 5.73 Å². The lowest BCUT2D eigenvalue weighted by atomic mass is 10.1. The van der Waals surface area contributed by atoms with Crippen molar-refractivity contribution < 1.29 is 8.42 Å². The lowest BCUT2D eigenvalue weighted by Gasteiger charge is -2.10. The number of nitrogens with two attached hydrogens (primary N) is 1. The molecule has 0 aromatic carbocycles. The molecule has 0 aliphatic rings. The average Bonchev–Trinajstić information content (AvgIpc) is 2.09. The molecule has 0 saturated carbocycles. The van der Waals surface area contributed by atoms with Gasteiger partial charge in [-0.2, -0.15) is 0 Å². The molecule has 0 aliphatic heterocycles. The fourth-order valence-corrected chi connectivity index (χ4v) is 2.45. The summed E-state index contributed by atoms with van der Waals surface area (Å²) in [6.07, 6.45) is 1.92. The minimum Gasteiger partial charge on any atom is -0.383 e. The normalized spacial score (nSPS) is 12.1. The Morgan fingerprint density at radius 1 is 1.35 bits per heavy atom. The van der Waals surface area contributed by atoms with Crippen molar-refractivity contribution in [2.75, 3.05) is 12.0 Å². The van der Waals surface area contributed by atoms with Crippen LogP contribution in [0.5, 0.6) is 0 Å². The van der Waals surface area contributed by atoms with Gasteiger partial charge in [-0.05, 0) is 34.9 Å². The molecule has 1 heterocycles. The van der Waals surface area contributed by atoms with Crippen molar-refractivity contribution in [2.45, 2.75) is 26.0 Å². The van der Waals surface area contributed by atoms with Gasteiger partial charge in [-0.1, -0.05) is 13.8 Å². The van der Waals surface area contributed by atoms with Gasteiger partial charge in [0.2, 0.25) is 0 Å². The molecular weight excluding hydrogens is 353 g/mol. The van der Waals surface area contributed by atoms with E-state index in [4.69, 9.17) is 5.73 Å². The summed E-state index contributed by atoms with van der Waals surface area (Å²) in [5.41, 5.74) is 6.59. The molecule has 0 spiro atoms. The summed E-state index contributed by atoms with van der Waals surface area (Å²) in [4.78, 5) is 8.29. The number of halogens is 1. The molecular formula is C10H16IN3O2S. The summed E-state index contributed by atoms with van der Waals surface area (Å²) in [5, 5.41) is 0. The van der Waals surface area contributed by atoms with Gasteiger partial charge in [0, 0.05) is 6.26 Å². The minimum atomic E-state index is -3.14. The number of nitrogen functional groups attached to an aromatic ring is 1. The molecule has 2 N–H and O–H groups in total. The largest absolute Gasteiger partial charge is 0.383 e. The van der Waals surface area contributed by atoms with Crippen molar-refractivity contribution >= 4 is 38.2 Å². The van der Waals surface area contributed by atoms with E-state index in [0.717, 1.165) is 21.9 Å². The quantitative estimate of drug-likeness (QED) is 0.811. The maximum atomic E-state index is 11.2. The van der Waals surface area contributed by atoms with Crippen LogP contribution >= 0.6 is 22.6 Å². The fourth-order valence-electron chi connectivity index (χ4n) is 1.39. The molecule has 96 valence electrons. The van der Waals surface area contributed by atoms with Gasteiger partial charge in [-0.25, -0.2) is 18.4 Å². The molecule has 1 aromatic rings. The average molecular weight is 369 g/mol. The molecule has 0 atom stereocenters. The van der Waals surface area contributed by atoms with Crippen LogP contribution in [0.1, 0.15) is 25.4 Å². The van der Waals surface area contributed by atoms with Gasteiger partial charge in [-0.3, -0.25) is 0 Å². The number of hydrogen-bond acceptors (Lipinski definition) is 5. The van der Waals surface area contributed by atoms with E-state index in [2.05, 4.69) is 46.4 Å². The Morgan fingerprint density at radius 2 is 1.94 bits per heavy atom. The van der Waals surface area contributed by atoms with Crippen LogP contribution in [0.15, 0.2) is 0 Å². The van der Waals surface area contributed by atoms with Crippen LogP contribution in [0.2, 0.25) is 0 Å². The summed E-state index contributed by atoms with van der Waals surface area (Å²) in [7, 11) is -3.14. The molecule has 5 nitrogen and oxygen atoms in total. The highest BCUT2D eigenvalue weighted by Crippen LogP contribution is 2.19. The lowest BCUT2D eigenvalue weighted by molar-refractivity contribution is 0.598. The Balaban J connectivity index is 3.14. The first kappa shape index (κ1) is 14.6. The Hall–Kier alpha value is -0.440. The summed E-state index contributed by atoms with van der Waals surface area (Å²) in [6, 6.07) is 0. The zero-order chi connectivity index (χ0) is 13.2. The number of nitrogens with zero attached hydrogens (tertiary/aromatic N) is 2. The number of aromatic nitrogens is 2. The van der Waals surface area contributed by atoms with Crippen molar-refractivity contribution in [1.29, 1.82) is 0 Å². The van der Waals surface area contributed by atoms with Gasteiger partial charge in [0.1, 0.15) is 17.4 Å². The van der Waals surface area contributed by atoms with Gasteiger partial charge < -0.3 is 5.73 Å². The van der Waals surface area contributed by atoms with E-state index in [9.17, 15) is 8.42 Å². The van der Waals surface area contributed by atoms with Gasteiger partial charge >= 0.3 is 0 Å². The van der Waals surface area contributed by atoms with Crippen molar-refractivity contribution in [2.24, 2.45) is 5.92 Å². The third-order valence-corrected chi connectivity index (χ3v) is 3.94. The van der Waals surface area contributed by atoms with Crippen molar-refractivity contribution in [3.05, 3.63) is 15.1 Å². The zero-order valence-corrected chi connectivity index (χ0v) is 13.0. The Kier molecular flexibility index (Phi) is 4.70. The summed E-state index contributed by atoms with van der Waals surface area (Å²) >= 11 is 2.09. The molecule has 0 radical (unpaired) electrons. The first-order chi connectivity index (χ1) is 7.69. The Bertz CT molecular complexity index is 515. The summed E-state index contributed by atoms with van der Waals surface area (Å²) in [6.45, 7) is 4.15. The van der Waals surface area contributed by atoms with E-state index in [1.165, 1.54) is 0 Å². The second-order valence-corrected chi connectivity index (χ2v) is 7.67. The Labute approximate surface area is 115 Å². The van der Waals surface area contributed by atoms with Crippen molar-refractivity contribution in [3.63, 3.8) is 0 Å². The van der Waals surface area contributed by atoms with Crippen LogP contribution in [0.3, 0.4) is 0 Å². The molecule has 17 heavy (non-hydrogen) atoms. The van der Waals surface area contributed by atoms with Gasteiger partial charge in [0.05, 0.1) is 9.26 Å². The third-order valence-electron chi connectivity index (χ3n) is 1.98. The second-order valence-electron chi connectivity index (χ2n) is 4.45. The number of rotatable bonds is 4. The van der Waals surface area contributed by atoms with E-state index in [-0.39, 0.29) is 11.6 Å². The smallest absolute Gasteiger partial charge is 0.154 e. The van der Waals surface area contributed by atoms with E-state index in [1.807, 2.05) is 0 Å². The summed E-state index contributed by atoms with van der Waals surface area (Å²) in [5.74, 6) is 0.902. The predicted octanol–water partition coefficient (Wildman–Crippen LogP) is 1.41. The predicted molar refractivity (Wildman–Crippen MR) is 76.3 cm³/mol. The van der Waals surface area contributed by atoms with Crippen LogP contribution in [-0.2, 0) is 22.0 Å². The number of sulfone groups is 1. The topological polar surface area (TPSA) is 85.9 Å². The van der Waals surface area contributed by atoms with Crippen LogP contribution in [0.4, 0.5) is 5.82 Å². The van der Waals surface area contributed by atoms with E-state index < -0.39 is 9.84 Å². The molecule has 0 aliphatic carbocycles. The highest BCUT2D eigenvalue weighted by molar-refractivity contribution is 14.1. The SMILES string of the molecule is CC(C)Cc1nc(CS(C)(=O)=O)nc(N)c1I. The van der Waals surface area contributed by atoms with Crippen LogP contribution in [0.25, 0.3) is 0 Å². The second kappa shape index (κ2) is 5.47. The van der Waals surface area contributed by atoms with Gasteiger partial charge in [-0.15, -0.1) is 0 Å². The molecule has 0 bridgehead atoms. The van der Waals surface area contributed by atoms with Gasteiger partial charge in [0.25, 0.3) is 0 Å². The first-order valence-corrected chi connectivity index (χ1v) is 8.31. The maximum absolute atomic E-state index is 11.2. The monoisotopic (exact) mass is 369 g/mol. The highest BCUT2D eigenvalue weighted by atomic mass is 127. The minimum absolute atomic E-state index is 0.167. The molecule has 0 fully saturated rings. The third kappa shape index (κ3) is 4.74. The van der Waals surface area contributed by atoms with E-state index >= 15 is 0 Å². The van der Waals surface area contributed by atoms with Crippen LogP contribution in [-0.4, -0.2) is 24.6 Å². The van der Waals surface area contributed by atoms with Gasteiger partial charge in [0.15, 0.2) is 9.84 Å². The molecule has 0 amide bonds. The molecule has 1 aromatic heterocycles. The maximum Gasteiger partial charge on any atom is 0.154 e. The van der Waals surface area contributed by atoms with Crippen molar-refractivity contribution in [1.82, 2.24) is 9.97 Å². The lowest BCUT2D eigenvalue weighted by Crippen LogP contribution is -2.12. The molecule has 7 heteroatoms. The highest BCUT2D eigenvalue weighted by Gasteiger charge is 2.14. The van der Waals surface area contributed by atoms with E-state index in [0.29, 0.717) is 11.7 Å². The van der Waals surface area contributed by atoms with Crippen LogP contribution in [0, 0.1) is 9.49 Å². The summed E-state index contributed by atoms with van der Waals surface area (Å²) < 4.78 is 23.2. The molecule has 0 unspecified atom stereocenters. The number of anilines is 1. The van der Waals surface area contributed by atoms with E-state index in [1.54, 1.807) is 0 Å².